The highest BCUT2D eigenvalue weighted by Gasteiger charge is 2.21. The first-order valence-electron chi connectivity index (χ1n) is 6.73. The second-order valence-electron chi connectivity index (χ2n) is 4.97. The van der Waals surface area contributed by atoms with Crippen LogP contribution in [0.3, 0.4) is 0 Å². The van der Waals surface area contributed by atoms with E-state index in [1.54, 1.807) is 11.8 Å². The molecule has 0 aromatic carbocycles. The number of carbonyl (C=O) groups is 1. The van der Waals surface area contributed by atoms with E-state index in [1.165, 1.54) is 16.8 Å². The highest BCUT2D eigenvalue weighted by molar-refractivity contribution is 7.98. The molecule has 1 heterocycles. The third-order valence-corrected chi connectivity index (χ3v) is 5.23. The summed E-state index contributed by atoms with van der Waals surface area (Å²) in [7, 11) is -3.67. The minimum Gasteiger partial charge on any atom is -0.477 e. The van der Waals surface area contributed by atoms with Gasteiger partial charge in [0.15, 0.2) is 0 Å². The predicted molar refractivity (Wildman–Crippen MR) is 84.4 cm³/mol. The first kappa shape index (κ1) is 18.1. The molecule has 0 spiro atoms. The number of hydrogen-bond donors (Lipinski definition) is 2. The Bertz CT molecular complexity index is 581. The third kappa shape index (κ3) is 5.05. The second kappa shape index (κ2) is 7.86. The lowest BCUT2D eigenvalue weighted by molar-refractivity contribution is 0.0685. The molecule has 0 aliphatic carbocycles. The number of sulfonamides is 1. The van der Waals surface area contributed by atoms with Gasteiger partial charge < -0.3 is 9.67 Å². The van der Waals surface area contributed by atoms with E-state index in [9.17, 15) is 13.2 Å². The van der Waals surface area contributed by atoms with Crippen molar-refractivity contribution in [2.45, 2.75) is 31.7 Å². The van der Waals surface area contributed by atoms with Crippen molar-refractivity contribution in [3.63, 3.8) is 0 Å². The molecule has 0 saturated carbocycles. The Morgan fingerprint density at radius 3 is 2.71 bits per heavy atom. The number of carboxylic acids is 1. The standard InChI is InChI=1S/C13H22N2O4S2/c1-4-5-15-8-11(6-12(15)13(16)17)21(18,19)14-7-10(2)9-20-3/h6,8,10,14H,4-5,7,9H2,1-3H3,(H,16,17). The van der Waals surface area contributed by atoms with E-state index in [-0.39, 0.29) is 16.5 Å². The summed E-state index contributed by atoms with van der Waals surface area (Å²) in [5, 5.41) is 9.12. The lowest BCUT2D eigenvalue weighted by atomic mass is 10.2. The van der Waals surface area contributed by atoms with Gasteiger partial charge >= 0.3 is 5.97 Å². The molecule has 1 unspecified atom stereocenters. The number of nitrogens with zero attached hydrogens (tertiary/aromatic N) is 1. The second-order valence-corrected chi connectivity index (χ2v) is 7.65. The van der Waals surface area contributed by atoms with E-state index in [2.05, 4.69) is 4.72 Å². The number of nitrogens with one attached hydrogen (secondary N) is 1. The van der Waals surface area contributed by atoms with Gasteiger partial charge in [-0.05, 0) is 30.4 Å². The fourth-order valence-electron chi connectivity index (χ4n) is 1.91. The molecule has 1 atom stereocenters. The van der Waals surface area contributed by atoms with Crippen LogP contribution in [0.4, 0.5) is 0 Å². The Morgan fingerprint density at radius 1 is 1.52 bits per heavy atom. The van der Waals surface area contributed by atoms with E-state index >= 15 is 0 Å². The number of aromatic carboxylic acids is 1. The maximum atomic E-state index is 12.2. The Kier molecular flexibility index (Phi) is 6.76. The van der Waals surface area contributed by atoms with Crippen LogP contribution in [0.1, 0.15) is 30.8 Å². The van der Waals surface area contributed by atoms with Crippen molar-refractivity contribution in [3.8, 4) is 0 Å². The van der Waals surface area contributed by atoms with Crippen molar-refractivity contribution in [2.75, 3.05) is 18.6 Å². The third-order valence-electron chi connectivity index (χ3n) is 2.94. The molecule has 1 aromatic heterocycles. The van der Waals surface area contributed by atoms with Crippen LogP contribution >= 0.6 is 11.8 Å². The molecule has 1 rings (SSSR count). The average Bonchev–Trinajstić information content (AvgIpc) is 2.82. The lowest BCUT2D eigenvalue weighted by Gasteiger charge is -2.10. The van der Waals surface area contributed by atoms with Crippen LogP contribution in [-0.4, -0.2) is 42.6 Å². The molecule has 1 aromatic rings. The quantitative estimate of drug-likeness (QED) is 0.720. The Balaban J connectivity index is 2.93. The molecule has 0 aliphatic heterocycles. The molecule has 0 radical (unpaired) electrons. The lowest BCUT2D eigenvalue weighted by Crippen LogP contribution is -2.29. The zero-order valence-corrected chi connectivity index (χ0v) is 14.1. The molecular formula is C13H22N2O4S2. The van der Waals surface area contributed by atoms with Crippen LogP contribution in [0.15, 0.2) is 17.2 Å². The zero-order chi connectivity index (χ0) is 16.0. The van der Waals surface area contributed by atoms with Crippen molar-refractivity contribution in [2.24, 2.45) is 5.92 Å². The van der Waals surface area contributed by atoms with Gasteiger partial charge in [-0.3, -0.25) is 0 Å². The minimum atomic E-state index is -3.67. The van der Waals surface area contributed by atoms with Gasteiger partial charge in [-0.2, -0.15) is 11.8 Å². The molecule has 6 nitrogen and oxygen atoms in total. The van der Waals surface area contributed by atoms with Gasteiger partial charge in [0.1, 0.15) is 10.6 Å². The fourth-order valence-corrected chi connectivity index (χ4v) is 3.80. The van der Waals surface area contributed by atoms with Crippen LogP contribution < -0.4 is 4.72 Å². The number of hydrogen-bond acceptors (Lipinski definition) is 4. The molecule has 0 saturated heterocycles. The monoisotopic (exact) mass is 334 g/mol. The molecule has 0 bridgehead atoms. The summed E-state index contributed by atoms with van der Waals surface area (Å²) < 4.78 is 28.4. The van der Waals surface area contributed by atoms with Crippen molar-refractivity contribution in [1.29, 1.82) is 0 Å². The summed E-state index contributed by atoms with van der Waals surface area (Å²) in [5.41, 5.74) is -0.00520. The number of aromatic nitrogens is 1. The summed E-state index contributed by atoms with van der Waals surface area (Å²) in [4.78, 5) is 11.2. The minimum absolute atomic E-state index is 0.00435. The molecule has 0 aliphatic rings. The van der Waals surface area contributed by atoms with Gasteiger partial charge in [0.25, 0.3) is 0 Å². The van der Waals surface area contributed by atoms with Crippen LogP contribution in [0.5, 0.6) is 0 Å². The SMILES string of the molecule is CCCn1cc(S(=O)(=O)NCC(C)CSC)cc1C(=O)O. The normalized spacial score (nSPS) is 13.3. The Hall–Kier alpha value is -0.990. The number of thioether (sulfide) groups is 1. The number of rotatable bonds is 9. The summed E-state index contributed by atoms with van der Waals surface area (Å²) in [5.74, 6) is -0.0492. The van der Waals surface area contributed by atoms with Gasteiger partial charge in [0.05, 0.1) is 0 Å². The van der Waals surface area contributed by atoms with Crippen molar-refractivity contribution < 1.29 is 18.3 Å². The Labute approximate surface area is 130 Å². The zero-order valence-electron chi connectivity index (χ0n) is 12.5. The molecule has 0 fully saturated rings. The largest absolute Gasteiger partial charge is 0.477 e. The van der Waals surface area contributed by atoms with Gasteiger partial charge in [0, 0.05) is 19.3 Å². The summed E-state index contributed by atoms with van der Waals surface area (Å²) in [6.45, 7) is 4.68. The maximum absolute atomic E-state index is 12.2. The molecule has 0 amide bonds. The summed E-state index contributed by atoms with van der Waals surface area (Å²) in [6, 6.07) is 1.21. The smallest absolute Gasteiger partial charge is 0.352 e. The van der Waals surface area contributed by atoms with Crippen LogP contribution in [0.2, 0.25) is 0 Å². The first-order valence-corrected chi connectivity index (χ1v) is 9.61. The Morgan fingerprint density at radius 2 is 2.19 bits per heavy atom. The summed E-state index contributed by atoms with van der Waals surface area (Å²) in [6.07, 6.45) is 4.08. The van der Waals surface area contributed by atoms with Gasteiger partial charge in [-0.1, -0.05) is 13.8 Å². The number of carboxylic acid groups (broad SMARTS) is 1. The van der Waals surface area contributed by atoms with Crippen LogP contribution in [0.25, 0.3) is 0 Å². The van der Waals surface area contributed by atoms with E-state index in [4.69, 9.17) is 5.11 Å². The van der Waals surface area contributed by atoms with Gasteiger partial charge in [-0.25, -0.2) is 17.9 Å². The predicted octanol–water partition coefficient (Wildman–Crippen LogP) is 1.87. The molecular weight excluding hydrogens is 312 g/mol. The van der Waals surface area contributed by atoms with Gasteiger partial charge in [0.2, 0.25) is 10.0 Å². The van der Waals surface area contributed by atoms with E-state index < -0.39 is 16.0 Å². The fraction of sp³-hybridized carbons (Fsp3) is 0.615. The van der Waals surface area contributed by atoms with Crippen molar-refractivity contribution >= 4 is 27.8 Å². The van der Waals surface area contributed by atoms with E-state index in [1.807, 2.05) is 20.1 Å². The van der Waals surface area contributed by atoms with Crippen molar-refractivity contribution in [3.05, 3.63) is 18.0 Å². The van der Waals surface area contributed by atoms with E-state index in [0.29, 0.717) is 13.1 Å². The average molecular weight is 334 g/mol. The molecule has 21 heavy (non-hydrogen) atoms. The molecule has 120 valence electrons. The highest BCUT2D eigenvalue weighted by atomic mass is 32.2. The first-order chi connectivity index (χ1) is 9.81. The van der Waals surface area contributed by atoms with Crippen LogP contribution in [-0.2, 0) is 16.6 Å². The molecule has 8 heteroatoms. The summed E-state index contributed by atoms with van der Waals surface area (Å²) >= 11 is 1.66. The van der Waals surface area contributed by atoms with E-state index in [0.717, 1.165) is 12.2 Å². The molecule has 2 N–H and O–H groups in total. The highest BCUT2D eigenvalue weighted by Crippen LogP contribution is 2.16. The van der Waals surface area contributed by atoms with Crippen molar-refractivity contribution in [1.82, 2.24) is 9.29 Å². The van der Waals surface area contributed by atoms with Crippen LogP contribution in [0, 0.1) is 5.92 Å². The topological polar surface area (TPSA) is 88.4 Å². The maximum Gasteiger partial charge on any atom is 0.352 e. The number of aryl methyl sites for hydroxylation is 1. The van der Waals surface area contributed by atoms with Gasteiger partial charge in [-0.15, -0.1) is 0 Å².